The predicted molar refractivity (Wildman–Crippen MR) is 91.3 cm³/mol. The number of hydrogen-bond donors (Lipinski definition) is 0. The first-order chi connectivity index (χ1) is 12.0. The molecule has 1 amide bonds. The molecular formula is C17H21N3O5. The Morgan fingerprint density at radius 3 is 2.96 bits per heavy atom. The summed E-state index contributed by atoms with van der Waals surface area (Å²) in [7, 11) is 0. The van der Waals surface area contributed by atoms with Gasteiger partial charge in [0, 0.05) is 32.1 Å². The van der Waals surface area contributed by atoms with E-state index in [1.165, 1.54) is 22.8 Å². The maximum absolute atomic E-state index is 12.3. The quantitative estimate of drug-likeness (QED) is 0.611. The minimum atomic E-state index is -0.561. The SMILES string of the molecule is CC1CCCN(C(=O)CCCn2c(=O)oc3cc([N+](=O)[O-])ccc32)C1. The van der Waals surface area contributed by atoms with Gasteiger partial charge in [0.2, 0.25) is 5.91 Å². The van der Waals surface area contributed by atoms with Crippen LogP contribution < -0.4 is 5.76 Å². The van der Waals surface area contributed by atoms with Crippen LogP contribution in [0.2, 0.25) is 0 Å². The van der Waals surface area contributed by atoms with Crippen molar-refractivity contribution in [2.24, 2.45) is 5.92 Å². The molecule has 1 fully saturated rings. The fourth-order valence-electron chi connectivity index (χ4n) is 3.34. The van der Waals surface area contributed by atoms with E-state index in [-0.39, 0.29) is 17.2 Å². The van der Waals surface area contributed by atoms with E-state index < -0.39 is 10.7 Å². The summed E-state index contributed by atoms with van der Waals surface area (Å²) >= 11 is 0. The summed E-state index contributed by atoms with van der Waals surface area (Å²) < 4.78 is 6.51. The molecule has 0 saturated carbocycles. The molecule has 1 atom stereocenters. The second kappa shape index (κ2) is 7.08. The zero-order valence-electron chi connectivity index (χ0n) is 14.1. The van der Waals surface area contributed by atoms with Crippen LogP contribution in [0.15, 0.2) is 27.4 Å². The number of carbonyl (C=O) groups excluding carboxylic acids is 1. The molecule has 25 heavy (non-hydrogen) atoms. The highest BCUT2D eigenvalue weighted by Crippen LogP contribution is 2.21. The van der Waals surface area contributed by atoms with E-state index in [1.807, 2.05) is 4.90 Å². The molecule has 134 valence electrons. The monoisotopic (exact) mass is 347 g/mol. The maximum Gasteiger partial charge on any atom is 0.419 e. The molecule has 2 aromatic rings. The Bertz CT molecular complexity index is 854. The molecule has 0 radical (unpaired) electrons. The van der Waals surface area contributed by atoms with Crippen LogP contribution in [0.3, 0.4) is 0 Å². The minimum absolute atomic E-state index is 0.114. The molecule has 1 saturated heterocycles. The van der Waals surface area contributed by atoms with Gasteiger partial charge in [-0.25, -0.2) is 4.79 Å². The van der Waals surface area contributed by atoms with Crippen molar-refractivity contribution in [1.29, 1.82) is 0 Å². The number of hydrogen-bond acceptors (Lipinski definition) is 5. The molecule has 8 heteroatoms. The number of likely N-dealkylation sites (tertiary alicyclic amines) is 1. The van der Waals surface area contributed by atoms with Crippen LogP contribution in [-0.2, 0) is 11.3 Å². The van der Waals surface area contributed by atoms with Crippen molar-refractivity contribution in [2.45, 2.75) is 39.2 Å². The topological polar surface area (TPSA) is 98.6 Å². The summed E-state index contributed by atoms with van der Waals surface area (Å²) in [6.07, 6.45) is 3.10. The number of aryl methyl sites for hydroxylation is 1. The number of carbonyl (C=O) groups is 1. The van der Waals surface area contributed by atoms with Crippen LogP contribution in [0.5, 0.6) is 0 Å². The molecule has 1 aliphatic heterocycles. The van der Waals surface area contributed by atoms with E-state index in [1.54, 1.807) is 0 Å². The minimum Gasteiger partial charge on any atom is -0.407 e. The molecule has 0 spiro atoms. The fraction of sp³-hybridized carbons (Fsp3) is 0.529. The number of fused-ring (bicyclic) bond motifs is 1. The molecule has 1 aliphatic rings. The van der Waals surface area contributed by atoms with Crippen molar-refractivity contribution in [3.8, 4) is 0 Å². The summed E-state index contributed by atoms with van der Waals surface area (Å²) in [5.74, 6) is 0.0894. The van der Waals surface area contributed by atoms with Crippen LogP contribution >= 0.6 is 0 Å². The maximum atomic E-state index is 12.3. The molecule has 2 heterocycles. The Kier molecular flexibility index (Phi) is 4.87. The van der Waals surface area contributed by atoms with Crippen LogP contribution in [0.4, 0.5) is 5.69 Å². The van der Waals surface area contributed by atoms with Crippen LogP contribution in [-0.4, -0.2) is 33.4 Å². The first-order valence-electron chi connectivity index (χ1n) is 8.51. The Morgan fingerprint density at radius 1 is 1.44 bits per heavy atom. The number of piperidine rings is 1. The molecule has 1 aromatic heterocycles. The van der Waals surface area contributed by atoms with Gasteiger partial charge in [0.15, 0.2) is 5.58 Å². The molecule has 1 aromatic carbocycles. The van der Waals surface area contributed by atoms with E-state index in [9.17, 15) is 19.7 Å². The number of rotatable bonds is 5. The molecule has 0 bridgehead atoms. The predicted octanol–water partition coefficient (Wildman–Crippen LogP) is 2.54. The third-order valence-electron chi connectivity index (χ3n) is 4.64. The largest absolute Gasteiger partial charge is 0.419 e. The van der Waals surface area contributed by atoms with Crippen LogP contribution in [0.1, 0.15) is 32.6 Å². The normalized spacial score (nSPS) is 17.8. The van der Waals surface area contributed by atoms with Crippen molar-refractivity contribution >= 4 is 22.7 Å². The molecule has 3 rings (SSSR count). The van der Waals surface area contributed by atoms with E-state index in [2.05, 4.69) is 6.92 Å². The third kappa shape index (κ3) is 3.72. The van der Waals surface area contributed by atoms with Crippen molar-refractivity contribution in [3.63, 3.8) is 0 Å². The van der Waals surface area contributed by atoms with Gasteiger partial charge in [0.05, 0.1) is 16.5 Å². The summed E-state index contributed by atoms with van der Waals surface area (Å²) in [6, 6.07) is 4.09. The Labute approximate surface area is 144 Å². The van der Waals surface area contributed by atoms with Gasteiger partial charge in [0.1, 0.15) is 0 Å². The standard InChI is InChI=1S/C17H21N3O5/c1-12-4-2-8-18(11-12)16(21)5-3-9-19-14-7-6-13(20(23)24)10-15(14)25-17(19)22/h6-7,10,12H,2-5,8-9,11H2,1H3. The smallest absolute Gasteiger partial charge is 0.407 e. The van der Waals surface area contributed by atoms with Gasteiger partial charge in [0.25, 0.3) is 5.69 Å². The number of amides is 1. The molecular weight excluding hydrogens is 326 g/mol. The van der Waals surface area contributed by atoms with Crippen molar-refractivity contribution in [3.05, 3.63) is 38.9 Å². The lowest BCUT2D eigenvalue weighted by atomic mass is 10.00. The van der Waals surface area contributed by atoms with Gasteiger partial charge in [-0.1, -0.05) is 6.92 Å². The van der Waals surface area contributed by atoms with Gasteiger partial charge in [-0.15, -0.1) is 0 Å². The summed E-state index contributed by atoms with van der Waals surface area (Å²) in [5, 5.41) is 10.8. The second-order valence-electron chi connectivity index (χ2n) is 6.62. The Hall–Kier alpha value is -2.64. The number of benzene rings is 1. The summed E-state index contributed by atoms with van der Waals surface area (Å²) in [5.41, 5.74) is 0.577. The number of aromatic nitrogens is 1. The Morgan fingerprint density at radius 2 is 2.24 bits per heavy atom. The summed E-state index contributed by atoms with van der Waals surface area (Å²) in [6.45, 7) is 4.10. The highest BCUT2D eigenvalue weighted by molar-refractivity contribution is 5.77. The second-order valence-corrected chi connectivity index (χ2v) is 6.62. The fourth-order valence-corrected chi connectivity index (χ4v) is 3.34. The van der Waals surface area contributed by atoms with E-state index in [0.717, 1.165) is 25.9 Å². The van der Waals surface area contributed by atoms with Gasteiger partial charge in [-0.3, -0.25) is 19.5 Å². The first-order valence-corrected chi connectivity index (χ1v) is 8.51. The third-order valence-corrected chi connectivity index (χ3v) is 4.64. The van der Waals surface area contributed by atoms with Gasteiger partial charge >= 0.3 is 5.76 Å². The van der Waals surface area contributed by atoms with E-state index in [4.69, 9.17) is 4.42 Å². The number of oxazole rings is 1. The van der Waals surface area contributed by atoms with E-state index >= 15 is 0 Å². The zero-order chi connectivity index (χ0) is 18.0. The average Bonchev–Trinajstić information content (AvgIpc) is 2.89. The number of non-ortho nitro benzene ring substituents is 1. The van der Waals surface area contributed by atoms with Crippen molar-refractivity contribution < 1.29 is 14.1 Å². The highest BCUT2D eigenvalue weighted by Gasteiger charge is 2.21. The molecule has 0 aliphatic carbocycles. The van der Waals surface area contributed by atoms with Gasteiger partial charge < -0.3 is 9.32 Å². The molecule has 8 nitrogen and oxygen atoms in total. The Balaban J connectivity index is 1.65. The lowest BCUT2D eigenvalue weighted by molar-refractivity contribution is -0.384. The van der Waals surface area contributed by atoms with Crippen molar-refractivity contribution in [1.82, 2.24) is 9.47 Å². The number of nitro groups is 1. The molecule has 1 unspecified atom stereocenters. The average molecular weight is 347 g/mol. The summed E-state index contributed by atoms with van der Waals surface area (Å²) in [4.78, 5) is 36.4. The van der Waals surface area contributed by atoms with Gasteiger partial charge in [-0.2, -0.15) is 0 Å². The van der Waals surface area contributed by atoms with E-state index in [0.29, 0.717) is 30.8 Å². The number of nitrogens with zero attached hydrogens (tertiary/aromatic N) is 3. The zero-order valence-corrected chi connectivity index (χ0v) is 14.1. The van der Waals surface area contributed by atoms with Gasteiger partial charge in [-0.05, 0) is 31.2 Å². The first kappa shape index (κ1) is 17.2. The van der Waals surface area contributed by atoms with Crippen molar-refractivity contribution in [2.75, 3.05) is 13.1 Å². The lowest BCUT2D eigenvalue weighted by Crippen LogP contribution is -2.39. The lowest BCUT2D eigenvalue weighted by Gasteiger charge is -2.31. The number of nitro benzene ring substituents is 1. The highest BCUT2D eigenvalue weighted by atomic mass is 16.6. The molecule has 0 N–H and O–H groups in total. The van der Waals surface area contributed by atoms with Crippen LogP contribution in [0, 0.1) is 16.0 Å². The van der Waals surface area contributed by atoms with Crippen LogP contribution in [0.25, 0.3) is 11.1 Å².